The molecule has 76 valence electrons. The van der Waals surface area contributed by atoms with Crippen molar-refractivity contribution in [1.82, 2.24) is 4.90 Å². The molecule has 1 aromatic rings. The molecule has 1 aromatic carbocycles. The highest BCUT2D eigenvalue weighted by atomic mass is 16.3. The number of hydrogen-bond acceptors (Lipinski definition) is 2. The average molecular weight is 191 g/mol. The van der Waals surface area contributed by atoms with E-state index in [0.717, 1.165) is 18.5 Å². The van der Waals surface area contributed by atoms with Gasteiger partial charge < -0.3 is 10.0 Å². The van der Waals surface area contributed by atoms with Crippen molar-refractivity contribution in [2.45, 2.75) is 18.9 Å². The Labute approximate surface area is 85.2 Å². The summed E-state index contributed by atoms with van der Waals surface area (Å²) in [5, 5.41) is 9.86. The minimum atomic E-state index is -0.295. The number of benzene rings is 1. The van der Waals surface area contributed by atoms with Gasteiger partial charge in [0.15, 0.2) is 0 Å². The van der Waals surface area contributed by atoms with Crippen LogP contribution >= 0.6 is 0 Å². The summed E-state index contributed by atoms with van der Waals surface area (Å²) in [6.07, 6.45) is 1.88. The first-order valence-corrected chi connectivity index (χ1v) is 5.31. The van der Waals surface area contributed by atoms with Crippen LogP contribution in [0.1, 0.15) is 24.5 Å². The smallest absolute Gasteiger partial charge is 0.0802 e. The lowest BCUT2D eigenvalue weighted by atomic mass is 10.1. The Hall–Kier alpha value is -0.860. The van der Waals surface area contributed by atoms with Crippen LogP contribution in [0, 0.1) is 0 Å². The highest BCUT2D eigenvalue weighted by molar-refractivity contribution is 5.17. The highest BCUT2D eigenvalue weighted by Gasteiger charge is 2.15. The van der Waals surface area contributed by atoms with Crippen molar-refractivity contribution >= 4 is 0 Å². The third-order valence-electron chi connectivity index (χ3n) is 2.85. The van der Waals surface area contributed by atoms with E-state index in [1.54, 1.807) is 0 Å². The van der Waals surface area contributed by atoms with Gasteiger partial charge in [-0.15, -0.1) is 0 Å². The van der Waals surface area contributed by atoms with Gasteiger partial charge in [0, 0.05) is 6.54 Å². The van der Waals surface area contributed by atoms with Crippen LogP contribution in [0.3, 0.4) is 0 Å². The number of rotatable bonds is 4. The average Bonchev–Trinajstić information content (AvgIpc) is 2.16. The van der Waals surface area contributed by atoms with Crippen LogP contribution in [0.25, 0.3) is 0 Å². The molecule has 1 aliphatic heterocycles. The van der Waals surface area contributed by atoms with E-state index in [4.69, 9.17) is 0 Å². The molecule has 0 unspecified atom stereocenters. The zero-order chi connectivity index (χ0) is 9.80. The van der Waals surface area contributed by atoms with E-state index in [0.29, 0.717) is 0 Å². The van der Waals surface area contributed by atoms with Gasteiger partial charge in [0.2, 0.25) is 0 Å². The van der Waals surface area contributed by atoms with Crippen molar-refractivity contribution in [2.75, 3.05) is 19.6 Å². The molecule has 0 aliphatic carbocycles. The Morgan fingerprint density at radius 1 is 1.21 bits per heavy atom. The van der Waals surface area contributed by atoms with Gasteiger partial charge in [0.05, 0.1) is 6.10 Å². The molecule has 1 fully saturated rings. The van der Waals surface area contributed by atoms with Gasteiger partial charge in [-0.2, -0.15) is 0 Å². The molecule has 0 spiro atoms. The van der Waals surface area contributed by atoms with Crippen molar-refractivity contribution in [3.63, 3.8) is 0 Å². The molecule has 2 rings (SSSR count). The molecule has 1 aliphatic rings. The molecule has 2 heteroatoms. The van der Waals surface area contributed by atoms with Crippen LogP contribution in [-0.4, -0.2) is 29.6 Å². The second-order valence-corrected chi connectivity index (χ2v) is 3.91. The van der Waals surface area contributed by atoms with Crippen LogP contribution in [0.15, 0.2) is 30.3 Å². The van der Waals surface area contributed by atoms with E-state index in [2.05, 4.69) is 4.90 Å². The number of aliphatic hydroxyl groups is 1. The molecule has 1 heterocycles. The second kappa shape index (κ2) is 4.58. The molecular formula is C12H17NO. The summed E-state index contributed by atoms with van der Waals surface area (Å²) in [5.41, 5.74) is 1.04. The summed E-state index contributed by atoms with van der Waals surface area (Å²) < 4.78 is 0. The summed E-state index contributed by atoms with van der Waals surface area (Å²) in [6.45, 7) is 3.44. The number of hydrogen-bond donors (Lipinski definition) is 1. The predicted molar refractivity (Wildman–Crippen MR) is 57.1 cm³/mol. The molecule has 1 saturated heterocycles. The minimum absolute atomic E-state index is 0.295. The molecule has 0 radical (unpaired) electrons. The van der Waals surface area contributed by atoms with Crippen LogP contribution in [-0.2, 0) is 0 Å². The van der Waals surface area contributed by atoms with E-state index in [1.807, 2.05) is 30.3 Å². The normalized spacial score (nSPS) is 18.9. The fourth-order valence-electron chi connectivity index (χ4n) is 1.75. The third kappa shape index (κ3) is 2.34. The van der Waals surface area contributed by atoms with Gasteiger partial charge in [0.1, 0.15) is 0 Å². The van der Waals surface area contributed by atoms with Crippen LogP contribution in [0.5, 0.6) is 0 Å². The highest BCUT2D eigenvalue weighted by Crippen LogP contribution is 2.17. The lowest BCUT2D eigenvalue weighted by Gasteiger charge is -2.31. The summed E-state index contributed by atoms with van der Waals surface area (Å²) in [4.78, 5) is 2.38. The third-order valence-corrected chi connectivity index (χ3v) is 2.85. The Morgan fingerprint density at radius 3 is 2.50 bits per heavy atom. The SMILES string of the molecule is O[C@H](CCN1CCC1)c1ccccc1. The number of nitrogens with zero attached hydrogens (tertiary/aromatic N) is 1. The van der Waals surface area contributed by atoms with Gasteiger partial charge >= 0.3 is 0 Å². The van der Waals surface area contributed by atoms with Gasteiger partial charge in [0.25, 0.3) is 0 Å². The Bertz CT molecular complexity index is 269. The van der Waals surface area contributed by atoms with Gasteiger partial charge in [-0.05, 0) is 31.5 Å². The predicted octanol–water partition coefficient (Wildman–Crippen LogP) is 1.82. The lowest BCUT2D eigenvalue weighted by Crippen LogP contribution is -2.38. The Kier molecular flexibility index (Phi) is 3.17. The molecule has 0 bridgehead atoms. The van der Waals surface area contributed by atoms with Crippen molar-refractivity contribution in [3.05, 3.63) is 35.9 Å². The molecule has 0 aromatic heterocycles. The standard InChI is InChI=1S/C12H17NO/c14-12(7-10-13-8-4-9-13)11-5-2-1-3-6-11/h1-3,5-6,12,14H,4,7-10H2/t12-/m1/s1. The number of likely N-dealkylation sites (tertiary alicyclic amines) is 1. The summed E-state index contributed by atoms with van der Waals surface area (Å²) in [5.74, 6) is 0. The van der Waals surface area contributed by atoms with E-state index < -0.39 is 0 Å². The molecule has 0 amide bonds. The van der Waals surface area contributed by atoms with E-state index >= 15 is 0 Å². The lowest BCUT2D eigenvalue weighted by molar-refractivity contribution is 0.116. The Balaban J connectivity index is 1.80. The number of aliphatic hydroxyl groups excluding tert-OH is 1. The summed E-state index contributed by atoms with van der Waals surface area (Å²) in [6, 6.07) is 9.90. The van der Waals surface area contributed by atoms with E-state index in [9.17, 15) is 5.11 Å². The van der Waals surface area contributed by atoms with Gasteiger partial charge in [-0.3, -0.25) is 0 Å². The van der Waals surface area contributed by atoms with Crippen molar-refractivity contribution in [2.24, 2.45) is 0 Å². The molecule has 1 N–H and O–H groups in total. The fourth-order valence-corrected chi connectivity index (χ4v) is 1.75. The maximum absolute atomic E-state index is 9.86. The topological polar surface area (TPSA) is 23.5 Å². The fraction of sp³-hybridized carbons (Fsp3) is 0.500. The Morgan fingerprint density at radius 2 is 1.93 bits per heavy atom. The van der Waals surface area contributed by atoms with Crippen LogP contribution in [0.4, 0.5) is 0 Å². The molecule has 0 saturated carbocycles. The summed E-state index contributed by atoms with van der Waals surface area (Å²) >= 11 is 0. The zero-order valence-electron chi connectivity index (χ0n) is 8.39. The first-order chi connectivity index (χ1) is 6.86. The molecule has 14 heavy (non-hydrogen) atoms. The quantitative estimate of drug-likeness (QED) is 0.784. The first kappa shape index (κ1) is 9.69. The summed E-state index contributed by atoms with van der Waals surface area (Å²) in [7, 11) is 0. The van der Waals surface area contributed by atoms with Crippen molar-refractivity contribution in [3.8, 4) is 0 Å². The van der Waals surface area contributed by atoms with E-state index in [1.165, 1.54) is 19.5 Å². The maximum Gasteiger partial charge on any atom is 0.0802 e. The first-order valence-electron chi connectivity index (χ1n) is 5.31. The largest absolute Gasteiger partial charge is 0.388 e. The van der Waals surface area contributed by atoms with Crippen molar-refractivity contribution in [1.29, 1.82) is 0 Å². The van der Waals surface area contributed by atoms with Gasteiger partial charge in [-0.25, -0.2) is 0 Å². The maximum atomic E-state index is 9.86. The zero-order valence-corrected chi connectivity index (χ0v) is 8.39. The van der Waals surface area contributed by atoms with Gasteiger partial charge in [-0.1, -0.05) is 30.3 Å². The van der Waals surface area contributed by atoms with Crippen molar-refractivity contribution < 1.29 is 5.11 Å². The monoisotopic (exact) mass is 191 g/mol. The molecule has 2 nitrogen and oxygen atoms in total. The van der Waals surface area contributed by atoms with Crippen LogP contribution < -0.4 is 0 Å². The molecule has 1 atom stereocenters. The minimum Gasteiger partial charge on any atom is -0.388 e. The second-order valence-electron chi connectivity index (χ2n) is 3.91. The van der Waals surface area contributed by atoms with Crippen LogP contribution in [0.2, 0.25) is 0 Å². The van der Waals surface area contributed by atoms with E-state index in [-0.39, 0.29) is 6.10 Å². The molecular weight excluding hydrogens is 174 g/mol.